The molecule has 0 radical (unpaired) electrons. The minimum Gasteiger partial charge on any atom is -0.492 e. The largest absolute Gasteiger partial charge is 0.492 e. The third-order valence-electron chi connectivity index (χ3n) is 3.35. The van der Waals surface area contributed by atoms with Crippen molar-refractivity contribution in [1.82, 2.24) is 0 Å². The van der Waals surface area contributed by atoms with Crippen LogP contribution in [0.1, 0.15) is 15.9 Å². The van der Waals surface area contributed by atoms with E-state index in [-0.39, 0.29) is 18.0 Å². The lowest BCUT2D eigenvalue weighted by Gasteiger charge is -2.18. The smallest absolute Gasteiger partial charge is 0.341 e. The second kappa shape index (κ2) is 8.53. The monoisotopic (exact) mass is 476 g/mol. The van der Waals surface area contributed by atoms with E-state index in [9.17, 15) is 9.18 Å². The van der Waals surface area contributed by atoms with Crippen LogP contribution in [0, 0.1) is 5.82 Å². The second-order valence-electron chi connectivity index (χ2n) is 4.81. The number of rotatable bonds is 6. The number of methoxy groups -OCH3 is 3. The number of halogens is 3. The van der Waals surface area contributed by atoms with Crippen molar-refractivity contribution < 1.29 is 28.1 Å². The Balaban J connectivity index is 2.36. The van der Waals surface area contributed by atoms with Gasteiger partial charge in [0.05, 0.1) is 35.8 Å². The summed E-state index contributed by atoms with van der Waals surface area (Å²) >= 11 is 6.69. The molecule has 8 heteroatoms. The first-order valence-corrected chi connectivity index (χ1v) is 8.61. The average Bonchev–Trinajstić information content (AvgIpc) is 2.60. The molecule has 5 nitrogen and oxygen atoms in total. The topological polar surface area (TPSA) is 54.0 Å². The van der Waals surface area contributed by atoms with E-state index in [4.69, 9.17) is 18.9 Å². The zero-order chi connectivity index (χ0) is 18.6. The van der Waals surface area contributed by atoms with Crippen LogP contribution in [-0.2, 0) is 11.3 Å². The molecule has 0 fully saturated rings. The molecule has 0 heterocycles. The van der Waals surface area contributed by atoms with E-state index in [1.807, 2.05) is 0 Å². The van der Waals surface area contributed by atoms with Gasteiger partial charge >= 0.3 is 5.97 Å². The Morgan fingerprint density at radius 3 is 1.84 bits per heavy atom. The number of ether oxygens (including phenoxy) is 4. The second-order valence-corrected chi connectivity index (χ2v) is 6.39. The van der Waals surface area contributed by atoms with Crippen molar-refractivity contribution >= 4 is 37.8 Å². The maximum Gasteiger partial charge on any atom is 0.341 e. The molecule has 0 aliphatic carbocycles. The van der Waals surface area contributed by atoms with Crippen LogP contribution < -0.4 is 14.2 Å². The quantitative estimate of drug-likeness (QED) is 0.563. The van der Waals surface area contributed by atoms with Crippen molar-refractivity contribution in [3.8, 4) is 17.2 Å². The molecule has 134 valence electrons. The highest BCUT2D eigenvalue weighted by Gasteiger charge is 2.28. The molecule has 25 heavy (non-hydrogen) atoms. The molecule has 2 rings (SSSR count). The minimum absolute atomic E-state index is 0.00530. The van der Waals surface area contributed by atoms with E-state index in [0.717, 1.165) is 0 Å². The highest BCUT2D eigenvalue weighted by Crippen LogP contribution is 2.50. The SMILES string of the molecule is COc1c(Br)c(C(=O)OCc2ccc(F)cc2)c(Br)c(OC)c1OC. The predicted molar refractivity (Wildman–Crippen MR) is 97.0 cm³/mol. The summed E-state index contributed by atoms with van der Waals surface area (Å²) in [6.45, 7) is -0.00530. The molecule has 0 unspecified atom stereocenters. The molecule has 0 atom stereocenters. The van der Waals surface area contributed by atoms with E-state index in [0.29, 0.717) is 31.8 Å². The molecule has 0 N–H and O–H groups in total. The van der Waals surface area contributed by atoms with Crippen LogP contribution in [0.3, 0.4) is 0 Å². The third-order valence-corrected chi connectivity index (χ3v) is 4.86. The number of esters is 1. The van der Waals surface area contributed by atoms with Crippen molar-refractivity contribution in [2.45, 2.75) is 6.61 Å². The van der Waals surface area contributed by atoms with Gasteiger partial charge in [0.2, 0.25) is 5.75 Å². The lowest BCUT2D eigenvalue weighted by Crippen LogP contribution is -2.10. The van der Waals surface area contributed by atoms with Gasteiger partial charge in [-0.25, -0.2) is 9.18 Å². The molecule has 0 aliphatic heterocycles. The number of hydrogen-bond donors (Lipinski definition) is 0. The fourth-order valence-corrected chi connectivity index (χ4v) is 3.83. The van der Waals surface area contributed by atoms with Crippen molar-refractivity contribution in [1.29, 1.82) is 0 Å². The molecule has 2 aromatic rings. The average molecular weight is 478 g/mol. The summed E-state index contributed by atoms with van der Waals surface area (Å²) in [7, 11) is 4.36. The zero-order valence-electron chi connectivity index (χ0n) is 13.7. The predicted octanol–water partition coefficient (Wildman–Crippen LogP) is 4.73. The summed E-state index contributed by atoms with van der Waals surface area (Å²) < 4.78 is 34.9. The normalized spacial score (nSPS) is 10.3. The molecular weight excluding hydrogens is 463 g/mol. The van der Waals surface area contributed by atoms with E-state index in [1.165, 1.54) is 33.5 Å². The van der Waals surface area contributed by atoms with Crippen molar-refractivity contribution in [2.75, 3.05) is 21.3 Å². The van der Waals surface area contributed by atoms with Gasteiger partial charge in [-0.15, -0.1) is 0 Å². The van der Waals surface area contributed by atoms with Gasteiger partial charge in [0.15, 0.2) is 11.5 Å². The Morgan fingerprint density at radius 1 is 0.920 bits per heavy atom. The standard InChI is InChI=1S/C17H15Br2FO5/c1-22-14-12(18)11(13(19)15(23-2)16(14)24-3)17(21)25-8-9-4-6-10(20)7-5-9/h4-7H,8H2,1-3H3. The lowest BCUT2D eigenvalue weighted by molar-refractivity contribution is 0.0469. The maximum atomic E-state index is 12.9. The summed E-state index contributed by atoms with van der Waals surface area (Å²) in [5.74, 6) is -0.0288. The van der Waals surface area contributed by atoms with Crippen LogP contribution in [0.15, 0.2) is 33.2 Å². The lowest BCUT2D eigenvalue weighted by atomic mass is 10.1. The molecule has 0 saturated heterocycles. The molecule has 0 saturated carbocycles. The van der Waals surface area contributed by atoms with E-state index >= 15 is 0 Å². The van der Waals surface area contributed by atoms with E-state index in [1.54, 1.807) is 12.1 Å². The van der Waals surface area contributed by atoms with Gasteiger partial charge in [0, 0.05) is 0 Å². The summed E-state index contributed by atoms with van der Waals surface area (Å²) in [6, 6.07) is 5.69. The van der Waals surface area contributed by atoms with Crippen LogP contribution in [-0.4, -0.2) is 27.3 Å². The fourth-order valence-electron chi connectivity index (χ4n) is 2.16. The number of benzene rings is 2. The Bertz CT molecular complexity index is 747. The molecule has 0 bridgehead atoms. The first-order valence-electron chi connectivity index (χ1n) is 7.03. The third kappa shape index (κ3) is 4.07. The van der Waals surface area contributed by atoms with Gasteiger partial charge in [0.1, 0.15) is 12.4 Å². The summed E-state index contributed by atoms with van der Waals surface area (Å²) in [5, 5.41) is 0. The van der Waals surface area contributed by atoms with Gasteiger partial charge in [-0.1, -0.05) is 12.1 Å². The number of carbonyl (C=O) groups is 1. The zero-order valence-corrected chi connectivity index (χ0v) is 16.9. The van der Waals surface area contributed by atoms with Crippen molar-refractivity contribution in [2.24, 2.45) is 0 Å². The van der Waals surface area contributed by atoms with Crippen LogP contribution in [0.2, 0.25) is 0 Å². The Hall–Kier alpha value is -1.80. The van der Waals surface area contributed by atoms with Crippen LogP contribution in [0.25, 0.3) is 0 Å². The van der Waals surface area contributed by atoms with Crippen LogP contribution in [0.4, 0.5) is 4.39 Å². The van der Waals surface area contributed by atoms with Crippen molar-refractivity contribution in [3.05, 3.63) is 50.2 Å². The van der Waals surface area contributed by atoms with Gasteiger partial charge in [-0.2, -0.15) is 0 Å². The molecule has 0 spiro atoms. The van der Waals surface area contributed by atoms with Gasteiger partial charge in [0.25, 0.3) is 0 Å². The first-order chi connectivity index (χ1) is 11.9. The van der Waals surface area contributed by atoms with Gasteiger partial charge in [-0.3, -0.25) is 0 Å². The fraction of sp³-hybridized carbons (Fsp3) is 0.235. The molecular formula is C17H15Br2FO5. The van der Waals surface area contributed by atoms with Crippen molar-refractivity contribution in [3.63, 3.8) is 0 Å². The van der Waals surface area contributed by atoms with Crippen LogP contribution >= 0.6 is 31.9 Å². The maximum absolute atomic E-state index is 12.9. The minimum atomic E-state index is -0.609. The summed E-state index contributed by atoms with van der Waals surface area (Å²) in [6.07, 6.45) is 0. The highest BCUT2D eigenvalue weighted by molar-refractivity contribution is 9.11. The van der Waals surface area contributed by atoms with Gasteiger partial charge in [-0.05, 0) is 49.6 Å². The first kappa shape index (κ1) is 19.5. The molecule has 0 aromatic heterocycles. The molecule has 2 aromatic carbocycles. The van der Waals surface area contributed by atoms with Crippen LogP contribution in [0.5, 0.6) is 17.2 Å². The Labute approximate surface area is 161 Å². The van der Waals surface area contributed by atoms with E-state index < -0.39 is 5.97 Å². The highest BCUT2D eigenvalue weighted by atomic mass is 79.9. The number of hydrogen-bond acceptors (Lipinski definition) is 5. The molecule has 0 aliphatic rings. The van der Waals surface area contributed by atoms with Gasteiger partial charge < -0.3 is 18.9 Å². The Morgan fingerprint density at radius 2 is 1.40 bits per heavy atom. The van der Waals surface area contributed by atoms with E-state index in [2.05, 4.69) is 31.9 Å². The number of carbonyl (C=O) groups excluding carboxylic acids is 1. The summed E-state index contributed by atoms with van der Waals surface area (Å²) in [4.78, 5) is 12.6. The summed E-state index contributed by atoms with van der Waals surface area (Å²) in [5.41, 5.74) is 0.853. The molecule has 0 amide bonds. The Kier molecular flexibility index (Phi) is 6.66.